The Labute approximate surface area is 305 Å². The first-order valence-corrected chi connectivity index (χ1v) is 21.5. The Balaban J connectivity index is 1.93. The molecular weight excluding hydrogens is 617 g/mol. The minimum atomic E-state index is -2.96. The summed E-state index contributed by atoms with van der Waals surface area (Å²) in [5, 5.41) is 4.65. The molecule has 0 nitrogen and oxygen atoms in total. The molecule has 0 amide bonds. The fraction of sp³-hybridized carbons (Fsp3) is 0.388. The Morgan fingerprint density at radius 1 is 0.340 bits per heavy atom. The molecule has 0 N–H and O–H groups in total. The van der Waals surface area contributed by atoms with Crippen molar-refractivity contribution in [1.82, 2.24) is 0 Å². The summed E-state index contributed by atoms with van der Waals surface area (Å²) in [6, 6.07) is 42.2. The van der Waals surface area contributed by atoms with Crippen molar-refractivity contribution in [2.75, 3.05) is 0 Å². The van der Waals surface area contributed by atoms with Gasteiger partial charge in [0.05, 0.1) is 0 Å². The highest BCUT2D eigenvalue weighted by molar-refractivity contribution is 7.12. The maximum Gasteiger partial charge on any atom is 0.160 e. The van der Waals surface area contributed by atoms with Crippen LogP contribution in [-0.2, 0) is 0 Å². The summed E-state index contributed by atoms with van der Waals surface area (Å²) in [4.78, 5) is 0. The normalized spacial score (nSPS) is 13.4. The summed E-state index contributed by atoms with van der Waals surface area (Å²) < 4.78 is 0. The number of hydrogen-bond donors (Lipinski definition) is 0. The maximum absolute atomic E-state index is 2.96. The van der Waals surface area contributed by atoms with E-state index in [-0.39, 0.29) is 5.54 Å². The minimum Gasteiger partial charge on any atom is -0.0619 e. The van der Waals surface area contributed by atoms with Gasteiger partial charge >= 0.3 is 0 Å². The molecule has 0 spiro atoms. The third kappa shape index (κ3) is 6.36. The Hall–Kier alpha value is -3.68. The summed E-state index contributed by atoms with van der Waals surface area (Å²) in [5.41, 5.74) is 14.7. The molecule has 5 aromatic carbocycles. The molecule has 6 rings (SSSR count). The lowest BCUT2D eigenvalue weighted by Crippen LogP contribution is -2.71. The zero-order valence-electron chi connectivity index (χ0n) is 32.9. The Morgan fingerprint density at radius 2 is 0.580 bits per heavy atom. The SMILES string of the molecule is CC(C)c1cc(C(C)C)cc([Si](c2cc(C(C)C)cc(C(C)C)c2)(c2cc(C(C)C)cc(C(C)C)c2)C2c3ccccc3-c3ccccc32)c1. The van der Waals surface area contributed by atoms with Gasteiger partial charge in [-0.05, 0) is 107 Å². The predicted octanol–water partition coefficient (Wildman–Crippen LogP) is 12.2. The maximum atomic E-state index is 2.65. The van der Waals surface area contributed by atoms with E-state index in [0.717, 1.165) is 0 Å². The summed E-state index contributed by atoms with van der Waals surface area (Å²) in [6.45, 7) is 28.5. The molecule has 1 aliphatic carbocycles. The van der Waals surface area contributed by atoms with Gasteiger partial charge in [0.2, 0.25) is 0 Å². The second-order valence-electron chi connectivity index (χ2n) is 17.0. The van der Waals surface area contributed by atoms with Crippen molar-refractivity contribution >= 4 is 23.6 Å². The van der Waals surface area contributed by atoms with E-state index in [1.807, 2.05) is 0 Å². The number of rotatable bonds is 10. The van der Waals surface area contributed by atoms with Crippen molar-refractivity contribution in [1.29, 1.82) is 0 Å². The predicted molar refractivity (Wildman–Crippen MR) is 222 cm³/mol. The average Bonchev–Trinajstić information content (AvgIpc) is 3.42. The molecule has 0 aromatic heterocycles. The topological polar surface area (TPSA) is 0 Å². The van der Waals surface area contributed by atoms with Crippen molar-refractivity contribution in [2.24, 2.45) is 0 Å². The smallest absolute Gasteiger partial charge is 0.0619 e. The molecule has 0 saturated heterocycles. The molecule has 0 unspecified atom stereocenters. The molecule has 0 atom stereocenters. The van der Waals surface area contributed by atoms with Crippen LogP contribution in [0.15, 0.2) is 103 Å². The van der Waals surface area contributed by atoms with Crippen LogP contribution < -0.4 is 15.6 Å². The Bertz CT molecular complexity index is 1710. The first-order valence-electron chi connectivity index (χ1n) is 19.4. The van der Waals surface area contributed by atoms with Crippen molar-refractivity contribution in [3.8, 4) is 11.1 Å². The second-order valence-corrected chi connectivity index (χ2v) is 20.9. The zero-order chi connectivity index (χ0) is 36.1. The van der Waals surface area contributed by atoms with Crippen molar-refractivity contribution < 1.29 is 0 Å². The van der Waals surface area contributed by atoms with E-state index in [9.17, 15) is 0 Å². The summed E-state index contributed by atoms with van der Waals surface area (Å²) in [6.07, 6.45) is 0. The third-order valence-electron chi connectivity index (χ3n) is 11.6. The highest BCUT2D eigenvalue weighted by Gasteiger charge is 2.52. The number of fused-ring (bicyclic) bond motifs is 3. The quantitative estimate of drug-likeness (QED) is 0.102. The van der Waals surface area contributed by atoms with Gasteiger partial charge in [-0.25, -0.2) is 0 Å². The lowest BCUT2D eigenvalue weighted by molar-refractivity contribution is 0.833. The van der Waals surface area contributed by atoms with Gasteiger partial charge in [0.25, 0.3) is 0 Å². The highest BCUT2D eigenvalue weighted by atomic mass is 28.3. The van der Waals surface area contributed by atoms with Gasteiger partial charge in [-0.3, -0.25) is 0 Å². The van der Waals surface area contributed by atoms with Crippen LogP contribution in [0.5, 0.6) is 0 Å². The van der Waals surface area contributed by atoms with Gasteiger partial charge in [0.1, 0.15) is 0 Å². The van der Waals surface area contributed by atoms with E-state index in [2.05, 4.69) is 186 Å². The minimum absolute atomic E-state index is 0.224. The molecular formula is C49H60Si. The average molecular weight is 677 g/mol. The van der Waals surface area contributed by atoms with E-state index in [1.165, 1.54) is 55.6 Å². The zero-order valence-corrected chi connectivity index (χ0v) is 33.9. The fourth-order valence-corrected chi connectivity index (χ4v) is 14.1. The molecule has 0 radical (unpaired) electrons. The van der Waals surface area contributed by atoms with E-state index < -0.39 is 8.07 Å². The number of hydrogen-bond acceptors (Lipinski definition) is 0. The van der Waals surface area contributed by atoms with Crippen LogP contribution in [0.2, 0.25) is 0 Å². The van der Waals surface area contributed by atoms with Gasteiger partial charge in [-0.1, -0.05) is 186 Å². The van der Waals surface area contributed by atoms with Crippen LogP contribution >= 0.6 is 0 Å². The van der Waals surface area contributed by atoms with Gasteiger partial charge in [0.15, 0.2) is 8.07 Å². The lowest BCUT2D eigenvalue weighted by atomic mass is 9.95. The first-order chi connectivity index (χ1) is 23.7. The van der Waals surface area contributed by atoms with Crippen LogP contribution in [0.1, 0.15) is 169 Å². The largest absolute Gasteiger partial charge is 0.160 e. The fourth-order valence-electron chi connectivity index (χ4n) is 8.33. The van der Waals surface area contributed by atoms with Crippen LogP contribution in [0.3, 0.4) is 0 Å². The molecule has 0 bridgehead atoms. The first kappa shape index (κ1) is 36.1. The number of benzene rings is 5. The molecule has 0 aliphatic heterocycles. The summed E-state index contributed by atoms with van der Waals surface area (Å²) >= 11 is 0. The Kier molecular flexibility index (Phi) is 10.2. The molecule has 50 heavy (non-hydrogen) atoms. The highest BCUT2D eigenvalue weighted by Crippen LogP contribution is 2.49. The van der Waals surface area contributed by atoms with E-state index >= 15 is 0 Å². The molecule has 0 heterocycles. The monoisotopic (exact) mass is 676 g/mol. The summed E-state index contributed by atoms with van der Waals surface area (Å²) in [5.74, 6) is 2.60. The van der Waals surface area contributed by atoms with Crippen molar-refractivity contribution in [2.45, 2.75) is 124 Å². The van der Waals surface area contributed by atoms with Gasteiger partial charge < -0.3 is 0 Å². The Morgan fingerprint density at radius 3 is 0.820 bits per heavy atom. The van der Waals surface area contributed by atoms with E-state index in [4.69, 9.17) is 0 Å². The van der Waals surface area contributed by atoms with Gasteiger partial charge in [-0.15, -0.1) is 0 Å². The van der Waals surface area contributed by atoms with Crippen LogP contribution in [0, 0.1) is 0 Å². The van der Waals surface area contributed by atoms with Crippen LogP contribution in [0.4, 0.5) is 0 Å². The molecule has 5 aromatic rings. The van der Waals surface area contributed by atoms with Crippen LogP contribution in [0.25, 0.3) is 11.1 Å². The molecule has 1 aliphatic rings. The van der Waals surface area contributed by atoms with Gasteiger partial charge in [-0.2, -0.15) is 0 Å². The van der Waals surface area contributed by atoms with Gasteiger partial charge in [0, 0.05) is 5.54 Å². The second kappa shape index (κ2) is 14.1. The van der Waals surface area contributed by atoms with Crippen molar-refractivity contribution in [3.05, 3.63) is 148 Å². The molecule has 1 heteroatoms. The summed E-state index contributed by atoms with van der Waals surface area (Å²) in [7, 11) is -2.96. The third-order valence-corrected chi connectivity index (χ3v) is 16.7. The molecule has 260 valence electrons. The van der Waals surface area contributed by atoms with Crippen LogP contribution in [-0.4, -0.2) is 8.07 Å². The van der Waals surface area contributed by atoms with E-state index in [0.29, 0.717) is 35.5 Å². The van der Waals surface area contributed by atoms with Crippen molar-refractivity contribution in [3.63, 3.8) is 0 Å². The molecule has 0 saturated carbocycles. The standard InChI is InChI=1S/C49H60Si/c1-30(2)36-21-37(31(3)4)25-42(24-36)50(43-26-38(32(5)6)22-39(27-43)33(7)8,44-28-40(34(9)10)23-41(29-44)35(11)12)49-47-19-15-13-17-45(47)46-18-14-16-20-48(46)49/h13-35,49H,1-12H3. The van der Waals surface area contributed by atoms with E-state index in [1.54, 1.807) is 15.6 Å². The molecule has 0 fully saturated rings. The lowest BCUT2D eigenvalue weighted by Gasteiger charge is -2.42.